The van der Waals surface area contributed by atoms with Gasteiger partial charge in [-0.1, -0.05) is 18.2 Å². The molecule has 1 fully saturated rings. The molecule has 1 aliphatic heterocycles. The molecule has 37 heavy (non-hydrogen) atoms. The average molecular weight is 512 g/mol. The summed E-state index contributed by atoms with van der Waals surface area (Å²) >= 11 is 0. The van der Waals surface area contributed by atoms with Gasteiger partial charge < -0.3 is 24.3 Å². The number of carbonyl (C=O) groups is 2. The number of aromatic amines is 1. The lowest BCUT2D eigenvalue weighted by atomic mass is 10.0. The Balaban J connectivity index is 1.46. The number of aliphatic hydroxyl groups excluding tert-OH is 1. The Hall–Kier alpha value is -3.63. The molecule has 1 aliphatic rings. The Labute approximate surface area is 214 Å². The normalized spacial score (nSPS) is 17.0. The Morgan fingerprint density at radius 3 is 2.78 bits per heavy atom. The van der Waals surface area contributed by atoms with Crippen LogP contribution in [0.25, 0.3) is 11.1 Å². The van der Waals surface area contributed by atoms with Crippen molar-refractivity contribution in [2.45, 2.75) is 51.4 Å². The van der Waals surface area contributed by atoms with Crippen LogP contribution >= 0.6 is 0 Å². The zero-order valence-electron chi connectivity index (χ0n) is 21.3. The van der Waals surface area contributed by atoms with Crippen LogP contribution in [0, 0.1) is 0 Å². The molecule has 10 nitrogen and oxygen atoms in total. The number of oxazole rings is 1. The number of nitrogens with one attached hydrogen (secondary N) is 2. The Morgan fingerprint density at radius 1 is 1.24 bits per heavy atom. The second kappa shape index (κ2) is 11.2. The SMILES string of the molecule is CC(C)(C)OC(=O)COc1cccc(C(CN2CC[C@H](O)C2)NC(=O)Cc2ccc3oc(=O)[nH]c3c2)c1. The third-order valence-corrected chi connectivity index (χ3v) is 5.91. The van der Waals surface area contributed by atoms with Gasteiger partial charge in [0.05, 0.1) is 24.1 Å². The van der Waals surface area contributed by atoms with E-state index in [2.05, 4.69) is 15.2 Å². The highest BCUT2D eigenvalue weighted by Crippen LogP contribution is 2.23. The van der Waals surface area contributed by atoms with Crippen molar-refractivity contribution < 1.29 is 28.6 Å². The highest BCUT2D eigenvalue weighted by atomic mass is 16.6. The summed E-state index contributed by atoms with van der Waals surface area (Å²) in [5, 5.41) is 13.1. The third-order valence-electron chi connectivity index (χ3n) is 5.91. The Bertz CT molecular complexity index is 1310. The number of aliphatic hydroxyl groups is 1. The van der Waals surface area contributed by atoms with E-state index in [0.29, 0.717) is 36.4 Å². The van der Waals surface area contributed by atoms with Gasteiger partial charge in [-0.15, -0.1) is 0 Å². The molecule has 198 valence electrons. The Kier molecular flexibility index (Phi) is 7.99. The number of benzene rings is 2. The molecular weight excluding hydrogens is 478 g/mol. The van der Waals surface area contributed by atoms with Gasteiger partial charge in [-0.05, 0) is 62.6 Å². The van der Waals surface area contributed by atoms with Crippen molar-refractivity contribution >= 4 is 23.0 Å². The van der Waals surface area contributed by atoms with E-state index in [0.717, 1.165) is 17.7 Å². The summed E-state index contributed by atoms with van der Waals surface area (Å²) < 4.78 is 16.0. The van der Waals surface area contributed by atoms with Gasteiger partial charge in [-0.25, -0.2) is 9.59 Å². The maximum absolute atomic E-state index is 13.0. The fourth-order valence-electron chi connectivity index (χ4n) is 4.34. The number of H-pyrrole nitrogens is 1. The first-order valence-corrected chi connectivity index (χ1v) is 12.3. The lowest BCUT2D eigenvalue weighted by Crippen LogP contribution is -2.38. The number of amides is 1. The van der Waals surface area contributed by atoms with Crippen LogP contribution in [0.15, 0.2) is 51.7 Å². The van der Waals surface area contributed by atoms with Crippen molar-refractivity contribution in [3.63, 3.8) is 0 Å². The molecule has 0 spiro atoms. The fraction of sp³-hybridized carbons (Fsp3) is 0.444. The number of nitrogens with zero attached hydrogens (tertiary/aromatic N) is 1. The molecule has 1 aromatic heterocycles. The molecule has 0 aliphatic carbocycles. The molecule has 2 aromatic carbocycles. The fourth-order valence-corrected chi connectivity index (χ4v) is 4.34. The first-order chi connectivity index (χ1) is 17.5. The topological polar surface area (TPSA) is 134 Å². The lowest BCUT2D eigenvalue weighted by molar-refractivity contribution is -0.157. The maximum Gasteiger partial charge on any atom is 0.417 e. The van der Waals surface area contributed by atoms with Gasteiger partial charge in [0.1, 0.15) is 11.4 Å². The predicted molar refractivity (Wildman–Crippen MR) is 136 cm³/mol. The van der Waals surface area contributed by atoms with Crippen molar-refractivity contribution in [1.29, 1.82) is 0 Å². The summed E-state index contributed by atoms with van der Waals surface area (Å²) in [5.41, 5.74) is 1.91. The van der Waals surface area contributed by atoms with Crippen LogP contribution in [0.1, 0.15) is 44.4 Å². The predicted octanol–water partition coefficient (Wildman–Crippen LogP) is 2.31. The number of carbonyl (C=O) groups excluding carboxylic acids is 2. The number of β-amino-alcohol motifs (C(OH)–C–C–N with tert-alkyl or cyclic N) is 1. The van der Waals surface area contributed by atoms with Crippen molar-refractivity contribution in [1.82, 2.24) is 15.2 Å². The number of hydrogen-bond acceptors (Lipinski definition) is 8. The van der Waals surface area contributed by atoms with Crippen LogP contribution in [-0.2, 0) is 20.7 Å². The molecule has 1 unspecified atom stereocenters. The van der Waals surface area contributed by atoms with Crippen LogP contribution < -0.4 is 15.8 Å². The van der Waals surface area contributed by atoms with Crippen LogP contribution in [-0.4, -0.2) is 64.8 Å². The summed E-state index contributed by atoms with van der Waals surface area (Å²) in [6, 6.07) is 12.0. The highest BCUT2D eigenvalue weighted by Gasteiger charge is 2.25. The number of hydrogen-bond donors (Lipinski definition) is 3. The third kappa shape index (κ3) is 7.68. The Morgan fingerprint density at radius 2 is 2.05 bits per heavy atom. The number of aromatic nitrogens is 1. The summed E-state index contributed by atoms with van der Waals surface area (Å²) in [6.45, 7) is 6.92. The van der Waals surface area contributed by atoms with E-state index >= 15 is 0 Å². The van der Waals surface area contributed by atoms with Crippen molar-refractivity contribution in [3.05, 3.63) is 64.1 Å². The van der Waals surface area contributed by atoms with Crippen LogP contribution in [0.4, 0.5) is 0 Å². The molecule has 0 radical (unpaired) electrons. The van der Waals surface area contributed by atoms with E-state index in [9.17, 15) is 19.5 Å². The molecule has 4 rings (SSSR count). The maximum atomic E-state index is 13.0. The number of esters is 1. The van der Waals surface area contributed by atoms with Gasteiger partial charge in [0.15, 0.2) is 12.2 Å². The van der Waals surface area contributed by atoms with Crippen LogP contribution in [0.3, 0.4) is 0 Å². The van der Waals surface area contributed by atoms with Gasteiger partial charge in [-0.3, -0.25) is 14.7 Å². The number of likely N-dealkylation sites (tertiary alicyclic amines) is 1. The highest BCUT2D eigenvalue weighted by molar-refractivity contribution is 5.81. The molecule has 1 saturated heterocycles. The summed E-state index contributed by atoms with van der Waals surface area (Å²) in [4.78, 5) is 41.2. The molecule has 2 heterocycles. The number of fused-ring (bicyclic) bond motifs is 1. The number of rotatable bonds is 9. The standard InChI is InChI=1S/C27H33N3O7/c1-27(2,3)37-25(33)16-35-20-6-4-5-18(13-20)22(15-30-10-9-19(31)14-30)28-24(32)12-17-7-8-23-21(11-17)29-26(34)36-23/h4-8,11,13,19,22,31H,9-10,12,14-16H2,1-3H3,(H,28,32)(H,29,34)/t19-,22?/m0/s1. The minimum Gasteiger partial charge on any atom is -0.482 e. The molecule has 0 saturated carbocycles. The van der Waals surface area contributed by atoms with Crippen LogP contribution in [0.2, 0.25) is 0 Å². The van der Waals surface area contributed by atoms with Crippen molar-refractivity contribution in [3.8, 4) is 5.75 Å². The van der Waals surface area contributed by atoms with Crippen molar-refractivity contribution in [2.75, 3.05) is 26.2 Å². The van der Waals surface area contributed by atoms with Gasteiger partial charge in [0, 0.05) is 19.6 Å². The summed E-state index contributed by atoms with van der Waals surface area (Å²) in [5.74, 6) is -0.726. The molecule has 1 amide bonds. The molecular formula is C27H33N3O7. The first kappa shape index (κ1) is 26.4. The van der Waals surface area contributed by atoms with E-state index in [1.165, 1.54) is 0 Å². The lowest BCUT2D eigenvalue weighted by Gasteiger charge is -2.25. The molecule has 2 atom stereocenters. The van der Waals surface area contributed by atoms with E-state index in [-0.39, 0.29) is 31.1 Å². The summed E-state index contributed by atoms with van der Waals surface area (Å²) in [6.07, 6.45) is 0.406. The zero-order chi connectivity index (χ0) is 26.6. The van der Waals surface area contributed by atoms with Gasteiger partial charge >= 0.3 is 11.7 Å². The van der Waals surface area contributed by atoms with Crippen molar-refractivity contribution in [2.24, 2.45) is 0 Å². The smallest absolute Gasteiger partial charge is 0.417 e. The largest absolute Gasteiger partial charge is 0.482 e. The quantitative estimate of drug-likeness (QED) is 0.373. The minimum absolute atomic E-state index is 0.108. The molecule has 3 N–H and O–H groups in total. The average Bonchev–Trinajstić information content (AvgIpc) is 3.39. The molecule has 10 heteroatoms. The monoisotopic (exact) mass is 511 g/mol. The van der Waals surface area contributed by atoms with Gasteiger partial charge in [-0.2, -0.15) is 0 Å². The van der Waals surface area contributed by atoms with Gasteiger partial charge in [0.2, 0.25) is 5.91 Å². The summed E-state index contributed by atoms with van der Waals surface area (Å²) in [7, 11) is 0. The first-order valence-electron chi connectivity index (χ1n) is 12.3. The van der Waals surface area contributed by atoms with E-state index < -0.39 is 17.3 Å². The van der Waals surface area contributed by atoms with Crippen LogP contribution in [0.5, 0.6) is 5.75 Å². The second-order valence-corrected chi connectivity index (χ2v) is 10.3. The van der Waals surface area contributed by atoms with Gasteiger partial charge in [0.25, 0.3) is 0 Å². The second-order valence-electron chi connectivity index (χ2n) is 10.3. The minimum atomic E-state index is -0.602. The molecule has 0 bridgehead atoms. The van der Waals surface area contributed by atoms with E-state index in [4.69, 9.17) is 13.9 Å². The van der Waals surface area contributed by atoms with E-state index in [1.807, 2.05) is 6.07 Å². The zero-order valence-corrected chi connectivity index (χ0v) is 21.3. The number of ether oxygens (including phenoxy) is 2. The molecule has 3 aromatic rings. The van der Waals surface area contributed by atoms with E-state index in [1.54, 1.807) is 57.2 Å².